The quantitative estimate of drug-likeness (QED) is 0.591. The first kappa shape index (κ1) is 11.2. The predicted molar refractivity (Wildman–Crippen MR) is 52.0 cm³/mol. The van der Waals surface area contributed by atoms with Crippen LogP contribution in [0.15, 0.2) is 12.2 Å². The van der Waals surface area contributed by atoms with Crippen LogP contribution in [0.4, 0.5) is 0 Å². The van der Waals surface area contributed by atoms with Gasteiger partial charge in [-0.05, 0) is 33.3 Å². The highest BCUT2D eigenvalue weighted by molar-refractivity contribution is 5.87. The molecule has 0 heterocycles. The fourth-order valence-electron chi connectivity index (χ4n) is 1.14. The molecule has 12 heavy (non-hydrogen) atoms. The number of amides is 1. The highest BCUT2D eigenvalue weighted by Gasteiger charge is 2.13. The topological polar surface area (TPSA) is 20.3 Å². The van der Waals surface area contributed by atoms with Gasteiger partial charge in [-0.25, -0.2) is 0 Å². The van der Waals surface area contributed by atoms with Crippen molar-refractivity contribution < 1.29 is 4.79 Å². The first-order chi connectivity index (χ1) is 5.67. The first-order valence-electron chi connectivity index (χ1n) is 4.60. The summed E-state index contributed by atoms with van der Waals surface area (Å²) in [6.07, 6.45) is 4.42. The Labute approximate surface area is 75.3 Å². The molecule has 0 saturated heterocycles. The molecule has 0 aromatic heterocycles. The van der Waals surface area contributed by atoms with E-state index >= 15 is 0 Å². The number of carbonyl (C=O) groups is 1. The summed E-state index contributed by atoms with van der Waals surface area (Å²) in [5.41, 5.74) is 0. The minimum Gasteiger partial charge on any atom is -0.337 e. The van der Waals surface area contributed by atoms with Crippen molar-refractivity contribution >= 4 is 5.91 Å². The molecule has 1 amide bonds. The molecule has 0 rings (SSSR count). The van der Waals surface area contributed by atoms with E-state index < -0.39 is 0 Å². The SMILES string of the molecule is CC=CC(=O)N(CC)C(C)CC. The Morgan fingerprint density at radius 2 is 2.08 bits per heavy atom. The smallest absolute Gasteiger partial charge is 0.246 e. The molecule has 0 fully saturated rings. The molecule has 0 aliphatic carbocycles. The molecule has 0 aromatic carbocycles. The molecule has 0 aliphatic heterocycles. The minimum atomic E-state index is 0.120. The fourth-order valence-corrected chi connectivity index (χ4v) is 1.14. The Kier molecular flexibility index (Phi) is 5.43. The van der Waals surface area contributed by atoms with Crippen LogP contribution >= 0.6 is 0 Å². The second-order valence-electron chi connectivity index (χ2n) is 2.88. The summed E-state index contributed by atoms with van der Waals surface area (Å²) in [5, 5.41) is 0. The van der Waals surface area contributed by atoms with E-state index in [1.54, 1.807) is 12.2 Å². The van der Waals surface area contributed by atoms with E-state index in [1.165, 1.54) is 0 Å². The largest absolute Gasteiger partial charge is 0.337 e. The molecular weight excluding hydrogens is 150 g/mol. The van der Waals surface area contributed by atoms with Gasteiger partial charge >= 0.3 is 0 Å². The summed E-state index contributed by atoms with van der Waals surface area (Å²) in [4.78, 5) is 13.3. The van der Waals surface area contributed by atoms with Gasteiger partial charge in [0.05, 0.1) is 0 Å². The van der Waals surface area contributed by atoms with Crippen LogP contribution < -0.4 is 0 Å². The van der Waals surface area contributed by atoms with Crippen molar-refractivity contribution in [3.63, 3.8) is 0 Å². The standard InChI is InChI=1S/C10H19NO/c1-5-8-10(12)11(7-3)9(4)6-2/h5,8-9H,6-7H2,1-4H3. The number of carbonyl (C=O) groups excluding carboxylic acids is 1. The average Bonchev–Trinajstić information content (AvgIpc) is 2.06. The second-order valence-corrected chi connectivity index (χ2v) is 2.88. The summed E-state index contributed by atoms with van der Waals surface area (Å²) in [6.45, 7) is 8.83. The molecule has 0 radical (unpaired) electrons. The van der Waals surface area contributed by atoms with Crippen LogP contribution in [-0.2, 0) is 4.79 Å². The van der Waals surface area contributed by atoms with Gasteiger partial charge in [0, 0.05) is 12.6 Å². The number of nitrogens with zero attached hydrogens (tertiary/aromatic N) is 1. The summed E-state index contributed by atoms with van der Waals surface area (Å²) < 4.78 is 0. The molecule has 2 heteroatoms. The van der Waals surface area contributed by atoms with Gasteiger partial charge in [-0.3, -0.25) is 4.79 Å². The highest BCUT2D eigenvalue weighted by atomic mass is 16.2. The zero-order chi connectivity index (χ0) is 9.56. The van der Waals surface area contributed by atoms with Crippen molar-refractivity contribution in [3.05, 3.63) is 12.2 Å². The maximum atomic E-state index is 11.4. The number of likely N-dealkylation sites (N-methyl/N-ethyl adjacent to an activating group) is 1. The fraction of sp³-hybridized carbons (Fsp3) is 0.700. The second kappa shape index (κ2) is 5.81. The molecular formula is C10H19NO. The third kappa shape index (κ3) is 3.07. The Bertz CT molecular complexity index is 163. The highest BCUT2D eigenvalue weighted by Crippen LogP contribution is 2.03. The average molecular weight is 169 g/mol. The van der Waals surface area contributed by atoms with Gasteiger partial charge in [0.1, 0.15) is 0 Å². The number of allylic oxidation sites excluding steroid dienone is 1. The third-order valence-corrected chi connectivity index (χ3v) is 2.06. The van der Waals surface area contributed by atoms with Gasteiger partial charge < -0.3 is 4.90 Å². The number of hydrogen-bond donors (Lipinski definition) is 0. The van der Waals surface area contributed by atoms with E-state index in [1.807, 2.05) is 18.7 Å². The molecule has 0 aliphatic rings. The van der Waals surface area contributed by atoms with Crippen molar-refractivity contribution in [2.45, 2.75) is 40.2 Å². The molecule has 0 bridgehead atoms. The Morgan fingerprint density at radius 1 is 1.50 bits per heavy atom. The van der Waals surface area contributed by atoms with E-state index in [4.69, 9.17) is 0 Å². The first-order valence-corrected chi connectivity index (χ1v) is 4.60. The van der Waals surface area contributed by atoms with Gasteiger partial charge in [0.25, 0.3) is 0 Å². The lowest BCUT2D eigenvalue weighted by atomic mass is 10.2. The lowest BCUT2D eigenvalue weighted by Gasteiger charge is -2.25. The van der Waals surface area contributed by atoms with Crippen LogP contribution in [0.2, 0.25) is 0 Å². The molecule has 0 aromatic rings. The Hall–Kier alpha value is -0.790. The van der Waals surface area contributed by atoms with E-state index in [0.29, 0.717) is 6.04 Å². The number of hydrogen-bond acceptors (Lipinski definition) is 1. The monoisotopic (exact) mass is 169 g/mol. The summed E-state index contributed by atoms with van der Waals surface area (Å²) in [7, 11) is 0. The zero-order valence-corrected chi connectivity index (χ0v) is 8.50. The van der Waals surface area contributed by atoms with Crippen LogP contribution in [0, 0.1) is 0 Å². The van der Waals surface area contributed by atoms with Crippen LogP contribution in [0.1, 0.15) is 34.1 Å². The molecule has 70 valence electrons. The van der Waals surface area contributed by atoms with Gasteiger partial charge in [0.15, 0.2) is 0 Å². The Morgan fingerprint density at radius 3 is 2.42 bits per heavy atom. The van der Waals surface area contributed by atoms with Crippen molar-refractivity contribution in [2.24, 2.45) is 0 Å². The van der Waals surface area contributed by atoms with Crippen molar-refractivity contribution in [1.29, 1.82) is 0 Å². The van der Waals surface area contributed by atoms with Crippen molar-refractivity contribution in [3.8, 4) is 0 Å². The van der Waals surface area contributed by atoms with E-state index in [0.717, 1.165) is 13.0 Å². The van der Waals surface area contributed by atoms with Crippen LogP contribution in [-0.4, -0.2) is 23.4 Å². The molecule has 2 nitrogen and oxygen atoms in total. The van der Waals surface area contributed by atoms with Gasteiger partial charge in [-0.15, -0.1) is 0 Å². The third-order valence-electron chi connectivity index (χ3n) is 2.06. The lowest BCUT2D eigenvalue weighted by molar-refractivity contribution is -0.127. The molecule has 0 spiro atoms. The van der Waals surface area contributed by atoms with E-state index in [9.17, 15) is 4.79 Å². The maximum absolute atomic E-state index is 11.4. The molecule has 0 N–H and O–H groups in total. The molecule has 0 saturated carbocycles. The molecule has 1 unspecified atom stereocenters. The van der Waals surface area contributed by atoms with Crippen molar-refractivity contribution in [2.75, 3.05) is 6.54 Å². The summed E-state index contributed by atoms with van der Waals surface area (Å²) in [6, 6.07) is 0.346. The lowest BCUT2D eigenvalue weighted by Crippen LogP contribution is -2.36. The van der Waals surface area contributed by atoms with E-state index in [2.05, 4.69) is 13.8 Å². The zero-order valence-electron chi connectivity index (χ0n) is 8.50. The maximum Gasteiger partial charge on any atom is 0.246 e. The Balaban J connectivity index is 4.23. The van der Waals surface area contributed by atoms with Gasteiger partial charge in [-0.2, -0.15) is 0 Å². The predicted octanol–water partition coefficient (Wildman–Crippen LogP) is 2.21. The summed E-state index contributed by atoms with van der Waals surface area (Å²) in [5.74, 6) is 0.120. The normalized spacial score (nSPS) is 13.3. The van der Waals surface area contributed by atoms with Gasteiger partial charge in [-0.1, -0.05) is 13.0 Å². The number of rotatable bonds is 4. The van der Waals surface area contributed by atoms with Crippen LogP contribution in [0.5, 0.6) is 0 Å². The van der Waals surface area contributed by atoms with Crippen LogP contribution in [0.3, 0.4) is 0 Å². The minimum absolute atomic E-state index is 0.120. The summed E-state index contributed by atoms with van der Waals surface area (Å²) >= 11 is 0. The molecule has 1 atom stereocenters. The van der Waals surface area contributed by atoms with Crippen molar-refractivity contribution in [1.82, 2.24) is 4.90 Å². The van der Waals surface area contributed by atoms with Crippen LogP contribution in [0.25, 0.3) is 0 Å². The van der Waals surface area contributed by atoms with E-state index in [-0.39, 0.29) is 5.91 Å². The van der Waals surface area contributed by atoms with Gasteiger partial charge in [0.2, 0.25) is 5.91 Å².